The summed E-state index contributed by atoms with van der Waals surface area (Å²) in [5.41, 5.74) is 2.74. The number of nitrogens with zero attached hydrogens (tertiary/aromatic N) is 6. The van der Waals surface area contributed by atoms with Crippen LogP contribution in [0.15, 0.2) is 54.6 Å². The van der Waals surface area contributed by atoms with E-state index in [0.717, 1.165) is 11.4 Å². The molecule has 2 heterocycles. The Morgan fingerprint density at radius 1 is 0.931 bits per heavy atom. The van der Waals surface area contributed by atoms with Gasteiger partial charge in [-0.2, -0.15) is 9.90 Å². The molecule has 3 aromatic rings. The minimum atomic E-state index is -0.411. The van der Waals surface area contributed by atoms with Gasteiger partial charge in [0.15, 0.2) is 5.69 Å². The SMILES string of the molecule is Cc1nn(-c2ccccc2)nc1C(=O)N1CCN(c2ccc([N+](=O)[O-])cc2)CC1. The standard InChI is InChI=1S/C20H20N6O3/c1-15-19(22-25(21-15)17-5-3-2-4-6-17)20(27)24-13-11-23(12-14-24)16-7-9-18(10-8-16)26(28)29/h2-10H,11-14H2,1H3. The molecule has 4 rings (SSSR count). The maximum absolute atomic E-state index is 12.9. The Morgan fingerprint density at radius 2 is 1.59 bits per heavy atom. The van der Waals surface area contributed by atoms with E-state index in [1.54, 1.807) is 24.0 Å². The maximum Gasteiger partial charge on any atom is 0.276 e. The van der Waals surface area contributed by atoms with Gasteiger partial charge in [0.05, 0.1) is 16.3 Å². The summed E-state index contributed by atoms with van der Waals surface area (Å²) in [6, 6.07) is 16.0. The van der Waals surface area contributed by atoms with Crippen LogP contribution in [-0.2, 0) is 0 Å². The lowest BCUT2D eigenvalue weighted by atomic mass is 10.2. The van der Waals surface area contributed by atoms with Crippen LogP contribution in [0.1, 0.15) is 16.2 Å². The first-order valence-corrected chi connectivity index (χ1v) is 9.31. The number of hydrogen-bond acceptors (Lipinski definition) is 6. The first kappa shape index (κ1) is 18.6. The monoisotopic (exact) mass is 392 g/mol. The van der Waals surface area contributed by atoms with E-state index in [1.807, 2.05) is 30.3 Å². The molecule has 0 radical (unpaired) electrons. The summed E-state index contributed by atoms with van der Waals surface area (Å²) < 4.78 is 0. The Bertz CT molecular complexity index is 1020. The second-order valence-electron chi connectivity index (χ2n) is 6.81. The number of carbonyl (C=O) groups excluding carboxylic acids is 1. The molecule has 2 aromatic carbocycles. The molecule has 0 saturated carbocycles. The summed E-state index contributed by atoms with van der Waals surface area (Å²) in [4.78, 5) is 28.7. The zero-order chi connectivity index (χ0) is 20.4. The van der Waals surface area contributed by atoms with Gasteiger partial charge in [-0.15, -0.1) is 5.10 Å². The fraction of sp³-hybridized carbons (Fsp3) is 0.250. The molecule has 9 heteroatoms. The van der Waals surface area contributed by atoms with Crippen molar-refractivity contribution in [3.05, 3.63) is 76.1 Å². The van der Waals surface area contributed by atoms with Gasteiger partial charge in [-0.05, 0) is 31.2 Å². The van der Waals surface area contributed by atoms with Crippen molar-refractivity contribution in [3.63, 3.8) is 0 Å². The van der Waals surface area contributed by atoms with Crippen LogP contribution in [0, 0.1) is 17.0 Å². The Balaban J connectivity index is 1.43. The number of carbonyl (C=O) groups is 1. The molecule has 1 aliphatic heterocycles. The van der Waals surface area contributed by atoms with Gasteiger partial charge in [0.1, 0.15) is 0 Å². The Labute approximate surface area is 167 Å². The first-order valence-electron chi connectivity index (χ1n) is 9.31. The number of aromatic nitrogens is 3. The first-order chi connectivity index (χ1) is 14.0. The second-order valence-corrected chi connectivity index (χ2v) is 6.81. The van der Waals surface area contributed by atoms with Gasteiger partial charge in [0, 0.05) is 44.0 Å². The fourth-order valence-corrected chi connectivity index (χ4v) is 3.36. The summed E-state index contributed by atoms with van der Waals surface area (Å²) >= 11 is 0. The lowest BCUT2D eigenvalue weighted by molar-refractivity contribution is -0.384. The third-order valence-electron chi connectivity index (χ3n) is 4.96. The molecule has 29 heavy (non-hydrogen) atoms. The van der Waals surface area contributed by atoms with E-state index >= 15 is 0 Å². The smallest absolute Gasteiger partial charge is 0.276 e. The van der Waals surface area contributed by atoms with Crippen LogP contribution in [0.4, 0.5) is 11.4 Å². The van der Waals surface area contributed by atoms with Crippen molar-refractivity contribution in [1.29, 1.82) is 0 Å². The molecule has 0 atom stereocenters. The van der Waals surface area contributed by atoms with Gasteiger partial charge in [-0.25, -0.2) is 0 Å². The zero-order valence-electron chi connectivity index (χ0n) is 15.9. The minimum Gasteiger partial charge on any atom is -0.368 e. The van der Waals surface area contributed by atoms with Gasteiger partial charge in [-0.3, -0.25) is 14.9 Å². The summed E-state index contributed by atoms with van der Waals surface area (Å²) in [6.45, 7) is 4.18. The molecule has 1 aliphatic rings. The predicted octanol–water partition coefficient (Wildman–Crippen LogP) is 2.45. The Morgan fingerprint density at radius 3 is 2.21 bits per heavy atom. The van der Waals surface area contributed by atoms with E-state index in [-0.39, 0.29) is 11.6 Å². The van der Waals surface area contributed by atoms with Crippen molar-refractivity contribution < 1.29 is 9.72 Å². The van der Waals surface area contributed by atoms with E-state index in [0.29, 0.717) is 37.6 Å². The van der Waals surface area contributed by atoms with Gasteiger partial charge in [-0.1, -0.05) is 18.2 Å². The number of hydrogen-bond donors (Lipinski definition) is 0. The van der Waals surface area contributed by atoms with Crippen molar-refractivity contribution in [3.8, 4) is 5.69 Å². The predicted molar refractivity (Wildman–Crippen MR) is 107 cm³/mol. The number of non-ortho nitro benzene ring substituents is 1. The van der Waals surface area contributed by atoms with Crippen LogP contribution < -0.4 is 4.90 Å². The highest BCUT2D eigenvalue weighted by molar-refractivity contribution is 5.93. The van der Waals surface area contributed by atoms with E-state index in [1.165, 1.54) is 16.9 Å². The van der Waals surface area contributed by atoms with Gasteiger partial charge in [0.25, 0.3) is 11.6 Å². The topological polar surface area (TPSA) is 97.4 Å². The molecule has 1 saturated heterocycles. The van der Waals surface area contributed by atoms with Crippen molar-refractivity contribution in [2.45, 2.75) is 6.92 Å². The van der Waals surface area contributed by atoms with Crippen LogP contribution in [0.2, 0.25) is 0 Å². The van der Waals surface area contributed by atoms with Gasteiger partial charge in [0.2, 0.25) is 0 Å². The van der Waals surface area contributed by atoms with Crippen LogP contribution in [0.5, 0.6) is 0 Å². The van der Waals surface area contributed by atoms with Crippen LogP contribution >= 0.6 is 0 Å². The quantitative estimate of drug-likeness (QED) is 0.500. The normalized spacial score (nSPS) is 14.1. The van der Waals surface area contributed by atoms with Crippen molar-refractivity contribution in [2.24, 2.45) is 0 Å². The zero-order valence-corrected chi connectivity index (χ0v) is 15.9. The number of benzene rings is 2. The molecule has 0 unspecified atom stereocenters. The number of amides is 1. The molecule has 148 valence electrons. The van der Waals surface area contributed by atoms with Gasteiger partial charge >= 0.3 is 0 Å². The minimum absolute atomic E-state index is 0.0690. The highest BCUT2D eigenvalue weighted by atomic mass is 16.6. The summed E-state index contributed by atoms with van der Waals surface area (Å²) in [7, 11) is 0. The van der Waals surface area contributed by atoms with E-state index in [9.17, 15) is 14.9 Å². The highest BCUT2D eigenvalue weighted by Crippen LogP contribution is 2.21. The Hall–Kier alpha value is -3.75. The molecule has 1 aromatic heterocycles. The molecule has 0 spiro atoms. The Kier molecular flexibility index (Phi) is 4.94. The number of anilines is 1. The molecular formula is C20H20N6O3. The number of para-hydroxylation sites is 1. The lowest BCUT2D eigenvalue weighted by Crippen LogP contribution is -2.49. The molecule has 1 fully saturated rings. The van der Waals surface area contributed by atoms with Crippen molar-refractivity contribution >= 4 is 17.3 Å². The number of nitro benzene ring substituents is 1. The third kappa shape index (κ3) is 3.79. The highest BCUT2D eigenvalue weighted by Gasteiger charge is 2.26. The van der Waals surface area contributed by atoms with E-state index < -0.39 is 4.92 Å². The van der Waals surface area contributed by atoms with Crippen LogP contribution in [-0.4, -0.2) is 56.9 Å². The average molecular weight is 392 g/mol. The van der Waals surface area contributed by atoms with Crippen molar-refractivity contribution in [1.82, 2.24) is 19.9 Å². The molecule has 0 aliphatic carbocycles. The summed E-state index contributed by atoms with van der Waals surface area (Å²) in [6.07, 6.45) is 0. The third-order valence-corrected chi connectivity index (χ3v) is 4.96. The van der Waals surface area contributed by atoms with Gasteiger partial charge < -0.3 is 9.80 Å². The molecular weight excluding hydrogens is 372 g/mol. The molecule has 0 bridgehead atoms. The number of rotatable bonds is 4. The second kappa shape index (κ2) is 7.70. The van der Waals surface area contributed by atoms with Crippen LogP contribution in [0.25, 0.3) is 5.69 Å². The maximum atomic E-state index is 12.9. The molecule has 9 nitrogen and oxygen atoms in total. The largest absolute Gasteiger partial charge is 0.368 e. The number of piperazine rings is 1. The van der Waals surface area contributed by atoms with Crippen LogP contribution in [0.3, 0.4) is 0 Å². The van der Waals surface area contributed by atoms with E-state index in [4.69, 9.17) is 0 Å². The summed E-state index contributed by atoms with van der Waals surface area (Å²) in [5.74, 6) is -0.131. The lowest BCUT2D eigenvalue weighted by Gasteiger charge is -2.35. The summed E-state index contributed by atoms with van der Waals surface area (Å²) in [5, 5.41) is 19.6. The fourth-order valence-electron chi connectivity index (χ4n) is 3.36. The molecule has 0 N–H and O–H groups in total. The average Bonchev–Trinajstić information content (AvgIpc) is 3.15. The number of nitro groups is 1. The van der Waals surface area contributed by atoms with Crippen molar-refractivity contribution in [2.75, 3.05) is 31.1 Å². The van der Waals surface area contributed by atoms with E-state index in [2.05, 4.69) is 15.1 Å². The molecule has 1 amide bonds. The number of aryl methyl sites for hydroxylation is 1.